The maximum Gasteiger partial charge on any atom is 0.0589 e. The molecule has 0 spiro atoms. The summed E-state index contributed by atoms with van der Waals surface area (Å²) in [6.07, 6.45) is 1.15. The number of methoxy groups -OCH3 is 1. The second kappa shape index (κ2) is 9.03. The summed E-state index contributed by atoms with van der Waals surface area (Å²) in [5.41, 5.74) is 2.23. The number of ether oxygens (including phenoxy) is 1. The lowest BCUT2D eigenvalue weighted by Crippen LogP contribution is -2.23. The number of hydrogen-bond donors (Lipinski definition) is 1. The van der Waals surface area contributed by atoms with Crippen LogP contribution in [0.3, 0.4) is 0 Å². The van der Waals surface area contributed by atoms with Crippen LogP contribution in [0.25, 0.3) is 0 Å². The highest BCUT2D eigenvalue weighted by Crippen LogP contribution is 2.02. The second-order valence-corrected chi connectivity index (χ2v) is 4.53. The van der Waals surface area contributed by atoms with Crippen molar-refractivity contribution in [3.05, 3.63) is 29.6 Å². The molecular formula is C14H25N3O. The van der Waals surface area contributed by atoms with E-state index in [0.29, 0.717) is 0 Å². The SMILES string of the molecule is CCCNCc1cccc(CN(C)CCOC)n1. The summed E-state index contributed by atoms with van der Waals surface area (Å²) in [4.78, 5) is 6.86. The van der Waals surface area contributed by atoms with Crippen LogP contribution in [0, 0.1) is 0 Å². The first kappa shape index (κ1) is 15.1. The lowest BCUT2D eigenvalue weighted by molar-refractivity contribution is 0.158. The normalized spacial score (nSPS) is 11.1. The van der Waals surface area contributed by atoms with Gasteiger partial charge in [0.25, 0.3) is 0 Å². The van der Waals surface area contributed by atoms with Crippen molar-refractivity contribution in [1.82, 2.24) is 15.2 Å². The van der Waals surface area contributed by atoms with Gasteiger partial charge in [0, 0.05) is 26.7 Å². The Kier molecular flexibility index (Phi) is 7.57. The summed E-state index contributed by atoms with van der Waals surface area (Å²) in [5.74, 6) is 0. The molecule has 0 aliphatic heterocycles. The fourth-order valence-corrected chi connectivity index (χ4v) is 1.71. The van der Waals surface area contributed by atoms with Crippen molar-refractivity contribution < 1.29 is 4.74 Å². The largest absolute Gasteiger partial charge is 0.383 e. The lowest BCUT2D eigenvalue weighted by atomic mass is 10.3. The van der Waals surface area contributed by atoms with E-state index < -0.39 is 0 Å². The van der Waals surface area contributed by atoms with Crippen molar-refractivity contribution >= 4 is 0 Å². The van der Waals surface area contributed by atoms with Crippen LogP contribution in [0.2, 0.25) is 0 Å². The maximum absolute atomic E-state index is 5.07. The predicted octanol–water partition coefficient (Wildman–Crippen LogP) is 1.66. The van der Waals surface area contributed by atoms with Crippen molar-refractivity contribution in [3.8, 4) is 0 Å². The summed E-state index contributed by atoms with van der Waals surface area (Å²) in [5, 5.41) is 3.37. The summed E-state index contributed by atoms with van der Waals surface area (Å²) in [6, 6.07) is 6.23. The van der Waals surface area contributed by atoms with Crippen molar-refractivity contribution in [2.24, 2.45) is 0 Å². The minimum atomic E-state index is 0.758. The highest BCUT2D eigenvalue weighted by molar-refractivity contribution is 5.11. The van der Waals surface area contributed by atoms with Gasteiger partial charge in [0.1, 0.15) is 0 Å². The Morgan fingerprint density at radius 1 is 1.33 bits per heavy atom. The van der Waals surface area contributed by atoms with Crippen molar-refractivity contribution in [2.75, 3.05) is 33.9 Å². The van der Waals surface area contributed by atoms with Gasteiger partial charge in [0.15, 0.2) is 0 Å². The molecule has 1 N–H and O–H groups in total. The van der Waals surface area contributed by atoms with E-state index in [-0.39, 0.29) is 0 Å². The second-order valence-electron chi connectivity index (χ2n) is 4.53. The number of pyridine rings is 1. The van der Waals surface area contributed by atoms with Crippen LogP contribution < -0.4 is 5.32 Å². The molecule has 1 heterocycles. The third-order valence-corrected chi connectivity index (χ3v) is 2.71. The molecule has 4 heteroatoms. The molecule has 0 unspecified atom stereocenters. The highest BCUT2D eigenvalue weighted by Gasteiger charge is 2.02. The Morgan fingerprint density at radius 2 is 2.11 bits per heavy atom. The first-order chi connectivity index (χ1) is 8.76. The van der Waals surface area contributed by atoms with Gasteiger partial charge in [-0.15, -0.1) is 0 Å². The topological polar surface area (TPSA) is 37.4 Å². The van der Waals surface area contributed by atoms with Gasteiger partial charge in [0.2, 0.25) is 0 Å². The number of aromatic nitrogens is 1. The predicted molar refractivity (Wildman–Crippen MR) is 74.4 cm³/mol. The molecule has 0 aromatic carbocycles. The van der Waals surface area contributed by atoms with E-state index >= 15 is 0 Å². The van der Waals surface area contributed by atoms with Gasteiger partial charge in [-0.25, -0.2) is 0 Å². The Morgan fingerprint density at radius 3 is 2.83 bits per heavy atom. The smallest absolute Gasteiger partial charge is 0.0589 e. The number of nitrogens with one attached hydrogen (secondary N) is 1. The van der Waals surface area contributed by atoms with Gasteiger partial charge >= 0.3 is 0 Å². The highest BCUT2D eigenvalue weighted by atomic mass is 16.5. The monoisotopic (exact) mass is 251 g/mol. The van der Waals surface area contributed by atoms with Gasteiger partial charge in [-0.2, -0.15) is 0 Å². The molecule has 0 saturated carbocycles. The molecule has 18 heavy (non-hydrogen) atoms. The van der Waals surface area contributed by atoms with Crippen molar-refractivity contribution in [1.29, 1.82) is 0 Å². The summed E-state index contributed by atoms with van der Waals surface area (Å²) >= 11 is 0. The fourth-order valence-electron chi connectivity index (χ4n) is 1.71. The third-order valence-electron chi connectivity index (χ3n) is 2.71. The Balaban J connectivity index is 2.43. The van der Waals surface area contributed by atoms with Crippen LogP contribution in [-0.2, 0) is 17.8 Å². The van der Waals surface area contributed by atoms with Gasteiger partial charge in [-0.1, -0.05) is 13.0 Å². The average Bonchev–Trinajstić information content (AvgIpc) is 2.37. The molecule has 1 aromatic heterocycles. The van der Waals surface area contributed by atoms with Gasteiger partial charge < -0.3 is 10.1 Å². The molecule has 0 bridgehead atoms. The summed E-state index contributed by atoms with van der Waals surface area (Å²) in [7, 11) is 3.81. The van der Waals surface area contributed by atoms with E-state index in [4.69, 9.17) is 4.74 Å². The Hall–Kier alpha value is -0.970. The van der Waals surface area contributed by atoms with Crippen LogP contribution >= 0.6 is 0 Å². The van der Waals surface area contributed by atoms with E-state index in [1.165, 1.54) is 0 Å². The van der Waals surface area contributed by atoms with Crippen LogP contribution in [0.15, 0.2) is 18.2 Å². The van der Waals surface area contributed by atoms with Crippen LogP contribution in [-0.4, -0.2) is 43.7 Å². The van der Waals surface area contributed by atoms with Gasteiger partial charge in [-0.05, 0) is 32.1 Å². The zero-order valence-corrected chi connectivity index (χ0v) is 11.8. The summed E-state index contributed by atoms with van der Waals surface area (Å²) < 4.78 is 5.07. The molecule has 102 valence electrons. The molecular weight excluding hydrogens is 226 g/mol. The zero-order chi connectivity index (χ0) is 13.2. The standard InChI is InChI=1S/C14H25N3O/c1-4-8-15-11-13-6-5-7-14(16-13)12-17(2)9-10-18-3/h5-7,15H,4,8-12H2,1-3H3. The molecule has 0 saturated heterocycles. The number of nitrogens with zero attached hydrogens (tertiary/aromatic N) is 2. The molecule has 0 aliphatic rings. The number of likely N-dealkylation sites (N-methyl/N-ethyl adjacent to an activating group) is 1. The molecule has 0 amide bonds. The van der Waals surface area contributed by atoms with E-state index in [1.54, 1.807) is 7.11 Å². The molecule has 4 nitrogen and oxygen atoms in total. The summed E-state index contributed by atoms with van der Waals surface area (Å²) in [6.45, 7) is 6.61. The molecule has 0 radical (unpaired) electrons. The molecule has 0 atom stereocenters. The minimum absolute atomic E-state index is 0.758. The van der Waals surface area contributed by atoms with E-state index in [2.05, 4.69) is 47.4 Å². The Labute approximate surface area is 110 Å². The lowest BCUT2D eigenvalue weighted by Gasteiger charge is -2.15. The maximum atomic E-state index is 5.07. The number of hydrogen-bond acceptors (Lipinski definition) is 4. The molecule has 0 fully saturated rings. The Bertz CT molecular complexity index is 331. The quantitative estimate of drug-likeness (QED) is 0.677. The van der Waals surface area contributed by atoms with E-state index in [9.17, 15) is 0 Å². The van der Waals surface area contributed by atoms with Gasteiger partial charge in [-0.3, -0.25) is 9.88 Å². The van der Waals surface area contributed by atoms with Crippen LogP contribution in [0.1, 0.15) is 24.7 Å². The van der Waals surface area contributed by atoms with Gasteiger partial charge in [0.05, 0.1) is 18.0 Å². The average molecular weight is 251 g/mol. The first-order valence-corrected chi connectivity index (χ1v) is 6.59. The van der Waals surface area contributed by atoms with Crippen molar-refractivity contribution in [2.45, 2.75) is 26.4 Å². The third kappa shape index (κ3) is 6.10. The number of rotatable bonds is 9. The van der Waals surface area contributed by atoms with Crippen LogP contribution in [0.5, 0.6) is 0 Å². The molecule has 1 aromatic rings. The van der Waals surface area contributed by atoms with Crippen LogP contribution in [0.4, 0.5) is 0 Å². The first-order valence-electron chi connectivity index (χ1n) is 6.59. The minimum Gasteiger partial charge on any atom is -0.383 e. The van der Waals surface area contributed by atoms with E-state index in [0.717, 1.165) is 50.6 Å². The van der Waals surface area contributed by atoms with E-state index in [1.807, 2.05) is 0 Å². The van der Waals surface area contributed by atoms with Crippen molar-refractivity contribution in [3.63, 3.8) is 0 Å². The zero-order valence-electron chi connectivity index (χ0n) is 11.8. The fraction of sp³-hybridized carbons (Fsp3) is 0.643. The molecule has 1 rings (SSSR count). The molecule has 0 aliphatic carbocycles.